The van der Waals surface area contributed by atoms with E-state index in [4.69, 9.17) is 4.74 Å². The molecule has 1 heterocycles. The highest BCUT2D eigenvalue weighted by Crippen LogP contribution is 2.66. The summed E-state index contributed by atoms with van der Waals surface area (Å²) in [7, 11) is 0. The minimum atomic E-state index is -0.772. The summed E-state index contributed by atoms with van der Waals surface area (Å²) in [6.07, 6.45) is 0. The number of benzene rings is 3. The molecule has 0 N–H and O–H groups in total. The molecule has 1 saturated heterocycles. The maximum absolute atomic E-state index is 13.9. The Balaban J connectivity index is 1.48. The first-order chi connectivity index (χ1) is 16.0. The fraction of sp³-hybridized carbons (Fsp3) is 0.222. The van der Waals surface area contributed by atoms with Gasteiger partial charge in [0.15, 0.2) is 0 Å². The molecule has 0 saturated carbocycles. The summed E-state index contributed by atoms with van der Waals surface area (Å²) < 4.78 is 4.27. The number of rotatable bonds is 3. The molecular formula is C27H20BrNO4. The Morgan fingerprint density at radius 1 is 0.909 bits per heavy atom. The second-order valence-corrected chi connectivity index (χ2v) is 9.90. The fourth-order valence-corrected chi connectivity index (χ4v) is 7.10. The van der Waals surface area contributed by atoms with Crippen LogP contribution >= 0.6 is 15.9 Å². The van der Waals surface area contributed by atoms with Gasteiger partial charge in [0.1, 0.15) is 0 Å². The smallest absolute Gasteiger partial charge is 0.338 e. The quantitative estimate of drug-likeness (QED) is 0.294. The summed E-state index contributed by atoms with van der Waals surface area (Å²) in [4.78, 5) is 41.0. The van der Waals surface area contributed by atoms with Gasteiger partial charge in [-0.05, 0) is 53.4 Å². The lowest BCUT2D eigenvalue weighted by atomic mass is 9.55. The highest BCUT2D eigenvalue weighted by molar-refractivity contribution is 9.09. The molecule has 0 unspecified atom stereocenters. The van der Waals surface area contributed by atoms with Gasteiger partial charge < -0.3 is 4.74 Å². The topological polar surface area (TPSA) is 63.7 Å². The predicted octanol–water partition coefficient (Wildman–Crippen LogP) is 4.77. The zero-order valence-electron chi connectivity index (χ0n) is 17.8. The average molecular weight is 502 g/mol. The van der Waals surface area contributed by atoms with Gasteiger partial charge in [-0.1, -0.05) is 64.5 Å². The summed E-state index contributed by atoms with van der Waals surface area (Å²) in [5.74, 6) is -2.08. The van der Waals surface area contributed by atoms with Crippen molar-refractivity contribution in [3.63, 3.8) is 0 Å². The summed E-state index contributed by atoms with van der Waals surface area (Å²) in [5.41, 5.74) is 5.14. The van der Waals surface area contributed by atoms with E-state index in [2.05, 4.69) is 40.2 Å². The van der Waals surface area contributed by atoms with Crippen molar-refractivity contribution < 1.29 is 19.1 Å². The second kappa shape index (κ2) is 7.12. The molecule has 3 aliphatic carbocycles. The van der Waals surface area contributed by atoms with Crippen molar-refractivity contribution in [3.8, 4) is 0 Å². The van der Waals surface area contributed by atoms with Crippen molar-refractivity contribution in [2.75, 3.05) is 11.5 Å². The highest BCUT2D eigenvalue weighted by atomic mass is 79.9. The standard InChI is InChI=1S/C27H20BrNO4/c1-2-33-26(32)15-11-13-16(14-12-15)29-24(30)22-21-17-7-3-5-9-19(17)27(28,23(22)25(29)31)20-10-6-4-8-18(20)21/h3-14,21-23H,2H2,1H3/t21?,22-,23-,27?/m0/s1. The van der Waals surface area contributed by atoms with Crippen LogP contribution in [0.5, 0.6) is 0 Å². The van der Waals surface area contributed by atoms with Crippen molar-refractivity contribution in [2.45, 2.75) is 17.2 Å². The van der Waals surface area contributed by atoms with Crippen LogP contribution in [0.3, 0.4) is 0 Å². The molecule has 2 amide bonds. The van der Waals surface area contributed by atoms with Gasteiger partial charge in [-0.25, -0.2) is 9.69 Å². The Bertz CT molecular complexity index is 1280. The number of hydrogen-bond acceptors (Lipinski definition) is 4. The number of anilines is 1. The van der Waals surface area contributed by atoms with Gasteiger partial charge in [0.25, 0.3) is 0 Å². The van der Waals surface area contributed by atoms with E-state index >= 15 is 0 Å². The SMILES string of the molecule is CCOC(=O)c1ccc(N2C(=O)[C@@H]3[C@@H](C2=O)C2c4ccccc4C3(Br)c3ccccc32)cc1. The van der Waals surface area contributed by atoms with Crippen LogP contribution in [0.4, 0.5) is 5.69 Å². The summed E-state index contributed by atoms with van der Waals surface area (Å²) in [5, 5.41) is 0. The van der Waals surface area contributed by atoms with Gasteiger partial charge >= 0.3 is 5.97 Å². The molecule has 164 valence electrons. The van der Waals surface area contributed by atoms with E-state index in [9.17, 15) is 14.4 Å². The molecule has 6 heteroatoms. The van der Waals surface area contributed by atoms with Gasteiger partial charge in [0.2, 0.25) is 11.8 Å². The number of carbonyl (C=O) groups is 3. The van der Waals surface area contributed by atoms with Gasteiger partial charge in [0, 0.05) is 5.92 Å². The molecule has 0 aromatic heterocycles. The molecule has 2 bridgehead atoms. The Morgan fingerprint density at radius 3 is 2.06 bits per heavy atom. The number of esters is 1. The molecule has 1 fully saturated rings. The molecule has 3 aromatic carbocycles. The third-order valence-corrected chi connectivity index (χ3v) is 8.50. The van der Waals surface area contributed by atoms with Gasteiger partial charge in [-0.3, -0.25) is 9.59 Å². The number of alkyl halides is 1. The van der Waals surface area contributed by atoms with Crippen LogP contribution in [-0.4, -0.2) is 24.4 Å². The van der Waals surface area contributed by atoms with E-state index in [-0.39, 0.29) is 24.3 Å². The number of ether oxygens (including phenoxy) is 1. The molecular weight excluding hydrogens is 482 g/mol. The number of amides is 2. The normalized spacial score (nSPS) is 26.6. The van der Waals surface area contributed by atoms with Crippen LogP contribution in [0.2, 0.25) is 0 Å². The van der Waals surface area contributed by atoms with Crippen LogP contribution in [-0.2, 0) is 18.7 Å². The lowest BCUT2D eigenvalue weighted by molar-refractivity contribution is -0.122. The van der Waals surface area contributed by atoms with Crippen LogP contribution in [0, 0.1) is 11.8 Å². The minimum Gasteiger partial charge on any atom is -0.462 e. The number of carbonyl (C=O) groups excluding carboxylic acids is 3. The van der Waals surface area contributed by atoms with E-state index in [1.54, 1.807) is 31.2 Å². The second-order valence-electron chi connectivity index (χ2n) is 8.65. The average Bonchev–Trinajstić information content (AvgIpc) is 3.11. The van der Waals surface area contributed by atoms with Crippen LogP contribution in [0.15, 0.2) is 72.8 Å². The van der Waals surface area contributed by atoms with E-state index in [1.807, 2.05) is 24.3 Å². The largest absolute Gasteiger partial charge is 0.462 e. The maximum atomic E-state index is 13.9. The van der Waals surface area contributed by atoms with Crippen molar-refractivity contribution in [3.05, 3.63) is 101 Å². The summed E-state index contributed by atoms with van der Waals surface area (Å²) in [6, 6.07) is 22.6. The van der Waals surface area contributed by atoms with Crippen molar-refractivity contribution >= 4 is 39.4 Å². The Morgan fingerprint density at radius 2 is 1.48 bits per heavy atom. The summed E-state index contributed by atoms with van der Waals surface area (Å²) >= 11 is 3.99. The first-order valence-corrected chi connectivity index (χ1v) is 11.8. The van der Waals surface area contributed by atoms with Gasteiger partial charge in [-0.15, -0.1) is 0 Å². The molecule has 7 rings (SSSR count). The van der Waals surface area contributed by atoms with Crippen LogP contribution < -0.4 is 4.90 Å². The lowest BCUT2D eigenvalue weighted by Crippen LogP contribution is -2.50. The Labute approximate surface area is 199 Å². The number of hydrogen-bond donors (Lipinski definition) is 0. The zero-order chi connectivity index (χ0) is 22.9. The third-order valence-electron chi connectivity index (χ3n) is 7.15. The summed E-state index contributed by atoms with van der Waals surface area (Å²) in [6.45, 7) is 2.03. The van der Waals surface area contributed by atoms with Gasteiger partial charge in [-0.2, -0.15) is 0 Å². The van der Waals surface area contributed by atoms with E-state index in [1.165, 1.54) is 4.90 Å². The molecule has 4 aliphatic rings. The van der Waals surface area contributed by atoms with Crippen LogP contribution in [0.25, 0.3) is 0 Å². The van der Waals surface area contributed by atoms with Crippen LogP contribution in [0.1, 0.15) is 45.5 Å². The first-order valence-electron chi connectivity index (χ1n) is 11.0. The monoisotopic (exact) mass is 501 g/mol. The highest BCUT2D eigenvalue weighted by Gasteiger charge is 2.67. The third kappa shape index (κ3) is 2.55. The molecule has 3 aromatic rings. The molecule has 2 atom stereocenters. The Hall–Kier alpha value is -3.25. The molecule has 0 radical (unpaired) electrons. The van der Waals surface area contributed by atoms with Gasteiger partial charge in [0.05, 0.1) is 34.0 Å². The first kappa shape index (κ1) is 20.4. The number of halogens is 1. The zero-order valence-corrected chi connectivity index (χ0v) is 19.4. The Kier molecular flexibility index (Phi) is 4.40. The maximum Gasteiger partial charge on any atom is 0.338 e. The van der Waals surface area contributed by atoms with E-state index < -0.39 is 22.1 Å². The van der Waals surface area contributed by atoms with Crippen molar-refractivity contribution in [1.29, 1.82) is 0 Å². The predicted molar refractivity (Wildman–Crippen MR) is 126 cm³/mol. The fourth-order valence-electron chi connectivity index (χ4n) is 5.89. The number of nitrogens with zero attached hydrogens (tertiary/aromatic N) is 1. The lowest BCUT2D eigenvalue weighted by Gasteiger charge is -2.51. The minimum absolute atomic E-state index is 0.179. The number of imide groups is 1. The molecule has 5 nitrogen and oxygen atoms in total. The molecule has 0 spiro atoms. The van der Waals surface area contributed by atoms with Crippen molar-refractivity contribution in [2.24, 2.45) is 11.8 Å². The van der Waals surface area contributed by atoms with E-state index in [0.717, 1.165) is 22.3 Å². The molecule has 1 aliphatic heterocycles. The van der Waals surface area contributed by atoms with E-state index in [0.29, 0.717) is 11.3 Å². The molecule has 33 heavy (non-hydrogen) atoms. The van der Waals surface area contributed by atoms with Crippen molar-refractivity contribution in [1.82, 2.24) is 0 Å².